The third kappa shape index (κ3) is 4.26. The van der Waals surface area contributed by atoms with Gasteiger partial charge in [-0.05, 0) is 53.8 Å². The zero-order valence-electron chi connectivity index (χ0n) is 15.1. The molecule has 4 rings (SSSR count). The van der Waals surface area contributed by atoms with Crippen molar-refractivity contribution in [2.45, 2.75) is 18.1 Å². The lowest BCUT2D eigenvalue weighted by Gasteiger charge is -2.18. The molecule has 28 heavy (non-hydrogen) atoms. The lowest BCUT2D eigenvalue weighted by atomic mass is 10.1. The number of carbonyl (C=O) groups is 1. The first kappa shape index (κ1) is 18.7. The van der Waals surface area contributed by atoms with Crippen molar-refractivity contribution in [3.63, 3.8) is 0 Å². The van der Waals surface area contributed by atoms with E-state index in [0.717, 1.165) is 27.0 Å². The van der Waals surface area contributed by atoms with E-state index in [1.807, 2.05) is 42.6 Å². The molecule has 0 aliphatic rings. The van der Waals surface area contributed by atoms with E-state index in [1.54, 1.807) is 23.5 Å². The van der Waals surface area contributed by atoms with Gasteiger partial charge in [0.1, 0.15) is 5.82 Å². The number of fused-ring (bicyclic) bond motifs is 1. The van der Waals surface area contributed by atoms with Gasteiger partial charge in [0.25, 0.3) is 0 Å². The molecule has 0 spiro atoms. The molecule has 0 aliphatic carbocycles. The summed E-state index contributed by atoms with van der Waals surface area (Å²) in [5, 5.41) is 5.73. The highest BCUT2D eigenvalue weighted by Crippen LogP contribution is 2.27. The van der Waals surface area contributed by atoms with Gasteiger partial charge < -0.3 is 10.3 Å². The van der Waals surface area contributed by atoms with Crippen molar-refractivity contribution < 1.29 is 9.18 Å². The first-order chi connectivity index (χ1) is 13.6. The van der Waals surface area contributed by atoms with Gasteiger partial charge in [-0.15, -0.1) is 11.3 Å². The fourth-order valence-electron chi connectivity index (χ4n) is 2.93. The Kier molecular flexibility index (Phi) is 5.45. The van der Waals surface area contributed by atoms with Crippen LogP contribution in [0, 0.1) is 12.7 Å². The maximum Gasteiger partial charge on any atom is 0.231 e. The smallest absolute Gasteiger partial charge is 0.231 e. The van der Waals surface area contributed by atoms with E-state index in [4.69, 9.17) is 0 Å². The van der Waals surface area contributed by atoms with Crippen molar-refractivity contribution >= 4 is 40.0 Å². The van der Waals surface area contributed by atoms with Crippen LogP contribution < -0.4 is 5.32 Å². The van der Waals surface area contributed by atoms with Crippen molar-refractivity contribution in [1.82, 2.24) is 15.3 Å². The van der Waals surface area contributed by atoms with Crippen LogP contribution in [0.4, 0.5) is 4.39 Å². The summed E-state index contributed by atoms with van der Waals surface area (Å²) >= 11 is 2.92. The zero-order chi connectivity index (χ0) is 19.5. The van der Waals surface area contributed by atoms with E-state index in [-0.39, 0.29) is 23.5 Å². The molecule has 1 atom stereocenters. The molecule has 0 aliphatic heterocycles. The molecule has 0 unspecified atom stereocenters. The largest absolute Gasteiger partial charge is 0.344 e. The molecule has 2 heterocycles. The van der Waals surface area contributed by atoms with Gasteiger partial charge in [0.05, 0.1) is 22.8 Å². The van der Waals surface area contributed by atoms with Gasteiger partial charge in [-0.2, -0.15) is 0 Å². The number of rotatable bonds is 6. The van der Waals surface area contributed by atoms with Gasteiger partial charge >= 0.3 is 0 Å². The number of aromatic amines is 1. The van der Waals surface area contributed by atoms with Gasteiger partial charge in [0.15, 0.2) is 5.16 Å². The monoisotopic (exact) mass is 411 g/mol. The van der Waals surface area contributed by atoms with Crippen LogP contribution in [0.25, 0.3) is 11.0 Å². The van der Waals surface area contributed by atoms with E-state index in [2.05, 4.69) is 15.3 Å². The number of hydrogen-bond acceptors (Lipinski definition) is 4. The minimum atomic E-state index is -0.299. The molecule has 0 bridgehead atoms. The number of nitrogens with zero attached hydrogens (tertiary/aromatic N) is 1. The number of benzene rings is 2. The molecule has 0 saturated carbocycles. The summed E-state index contributed by atoms with van der Waals surface area (Å²) in [4.78, 5) is 21.3. The Balaban J connectivity index is 1.46. The Hall–Kier alpha value is -2.64. The molecular formula is C21H18FN3OS2. The summed E-state index contributed by atoms with van der Waals surface area (Å²) in [6.45, 7) is 2.03. The number of nitrogens with one attached hydrogen (secondary N) is 2. The number of carbonyl (C=O) groups excluding carboxylic acids is 1. The second kappa shape index (κ2) is 8.16. The van der Waals surface area contributed by atoms with Crippen LogP contribution in [0.2, 0.25) is 0 Å². The van der Waals surface area contributed by atoms with E-state index in [1.165, 1.54) is 23.9 Å². The van der Waals surface area contributed by atoms with Crippen LogP contribution in [0.15, 0.2) is 65.1 Å². The van der Waals surface area contributed by atoms with E-state index in [9.17, 15) is 9.18 Å². The standard InChI is InChI=1S/C21H18FN3OS2/c1-13-4-9-16-17(11-13)24-21(23-16)28-12-19(26)25-20(18-3-2-10-27-18)14-5-7-15(22)8-6-14/h2-11,20H,12H2,1H3,(H,23,24)(H,25,26)/t20-/m0/s1. The number of H-pyrrole nitrogens is 1. The molecule has 0 radical (unpaired) electrons. The molecule has 2 aromatic heterocycles. The van der Waals surface area contributed by atoms with Crippen LogP contribution >= 0.6 is 23.1 Å². The van der Waals surface area contributed by atoms with Crippen molar-refractivity contribution in [3.05, 3.63) is 81.8 Å². The highest BCUT2D eigenvalue weighted by molar-refractivity contribution is 7.99. The van der Waals surface area contributed by atoms with Gasteiger partial charge in [0, 0.05) is 4.88 Å². The number of hydrogen-bond donors (Lipinski definition) is 2. The fraction of sp³-hybridized carbons (Fsp3) is 0.143. The van der Waals surface area contributed by atoms with E-state index in [0.29, 0.717) is 5.16 Å². The SMILES string of the molecule is Cc1ccc2nc(SCC(=O)N[C@@H](c3ccc(F)cc3)c3cccs3)[nH]c2c1. The molecular weight excluding hydrogens is 393 g/mol. The van der Waals surface area contributed by atoms with E-state index >= 15 is 0 Å². The van der Waals surface area contributed by atoms with Crippen LogP contribution in [-0.2, 0) is 4.79 Å². The van der Waals surface area contributed by atoms with Gasteiger partial charge in [0.2, 0.25) is 5.91 Å². The average Bonchev–Trinajstić information content (AvgIpc) is 3.34. The number of halogens is 1. The molecule has 4 aromatic rings. The Bertz CT molecular complexity index is 1090. The number of amides is 1. The van der Waals surface area contributed by atoms with Crippen LogP contribution in [0.3, 0.4) is 0 Å². The molecule has 2 N–H and O–H groups in total. The summed E-state index contributed by atoms with van der Waals surface area (Å²) < 4.78 is 13.3. The van der Waals surface area contributed by atoms with Crippen molar-refractivity contribution in [1.29, 1.82) is 0 Å². The molecule has 2 aromatic carbocycles. The lowest BCUT2D eigenvalue weighted by molar-refractivity contribution is -0.119. The van der Waals surface area contributed by atoms with Crippen molar-refractivity contribution in [2.24, 2.45) is 0 Å². The summed E-state index contributed by atoms with van der Waals surface area (Å²) in [6.07, 6.45) is 0. The zero-order valence-corrected chi connectivity index (χ0v) is 16.7. The molecule has 0 saturated heterocycles. The quantitative estimate of drug-likeness (QED) is 0.436. The fourth-order valence-corrected chi connectivity index (χ4v) is 4.43. The lowest BCUT2D eigenvalue weighted by Crippen LogP contribution is -2.30. The Morgan fingerprint density at radius 2 is 2.07 bits per heavy atom. The summed E-state index contributed by atoms with van der Waals surface area (Å²) in [5.41, 5.74) is 3.85. The van der Waals surface area contributed by atoms with Gasteiger partial charge in [-0.3, -0.25) is 4.79 Å². The normalized spacial score (nSPS) is 12.2. The third-order valence-electron chi connectivity index (χ3n) is 4.29. The minimum absolute atomic E-state index is 0.107. The minimum Gasteiger partial charge on any atom is -0.344 e. The van der Waals surface area contributed by atoms with Crippen molar-refractivity contribution in [2.75, 3.05) is 5.75 Å². The van der Waals surface area contributed by atoms with Crippen molar-refractivity contribution in [3.8, 4) is 0 Å². The number of thiophene rings is 1. The summed E-state index contributed by atoms with van der Waals surface area (Å²) in [5.74, 6) is -0.165. The highest BCUT2D eigenvalue weighted by atomic mass is 32.2. The molecule has 142 valence electrons. The molecule has 4 nitrogen and oxygen atoms in total. The van der Waals surface area contributed by atoms with Gasteiger partial charge in [-0.25, -0.2) is 9.37 Å². The number of imidazole rings is 1. The second-order valence-corrected chi connectivity index (χ2v) is 8.36. The second-order valence-electron chi connectivity index (χ2n) is 6.42. The summed E-state index contributed by atoms with van der Waals surface area (Å²) in [7, 11) is 0. The maximum atomic E-state index is 13.3. The number of thioether (sulfide) groups is 1. The van der Waals surface area contributed by atoms with Crippen LogP contribution in [0.1, 0.15) is 22.0 Å². The Morgan fingerprint density at radius 1 is 1.25 bits per heavy atom. The first-order valence-corrected chi connectivity index (χ1v) is 10.6. The third-order valence-corrected chi connectivity index (χ3v) is 6.10. The number of aromatic nitrogens is 2. The van der Waals surface area contributed by atoms with Crippen LogP contribution in [0.5, 0.6) is 0 Å². The molecule has 7 heteroatoms. The van der Waals surface area contributed by atoms with E-state index < -0.39 is 0 Å². The maximum absolute atomic E-state index is 13.3. The molecule has 1 amide bonds. The predicted molar refractivity (Wildman–Crippen MR) is 112 cm³/mol. The Morgan fingerprint density at radius 3 is 2.82 bits per heavy atom. The van der Waals surface area contributed by atoms with Crippen LogP contribution in [-0.4, -0.2) is 21.6 Å². The summed E-state index contributed by atoms with van der Waals surface area (Å²) in [6, 6.07) is 15.8. The van der Waals surface area contributed by atoms with Gasteiger partial charge in [-0.1, -0.05) is 36.0 Å². The molecule has 0 fully saturated rings. The first-order valence-electron chi connectivity index (χ1n) is 8.76. The predicted octanol–water partition coefficient (Wildman–Crippen LogP) is 5.07. The highest BCUT2D eigenvalue weighted by Gasteiger charge is 2.18. The Labute approximate surface area is 170 Å². The topological polar surface area (TPSA) is 57.8 Å². The number of aryl methyl sites for hydroxylation is 1. The average molecular weight is 412 g/mol.